The predicted molar refractivity (Wildman–Crippen MR) is 120 cm³/mol. The van der Waals surface area contributed by atoms with Crippen LogP contribution < -0.4 is 14.8 Å². The smallest absolute Gasteiger partial charge is 0.266 e. The summed E-state index contributed by atoms with van der Waals surface area (Å²) in [4.78, 5) is 50.8. The van der Waals surface area contributed by atoms with Gasteiger partial charge >= 0.3 is 0 Å². The van der Waals surface area contributed by atoms with Gasteiger partial charge in [0, 0.05) is 6.42 Å². The molecule has 0 aromatic heterocycles. The predicted octanol–water partition coefficient (Wildman–Crippen LogP) is 3.46. The summed E-state index contributed by atoms with van der Waals surface area (Å²) in [7, 11) is 0. The largest absolute Gasteiger partial charge is 0.488 e. The van der Waals surface area contributed by atoms with E-state index in [4.69, 9.17) is 9.47 Å². The Labute approximate surface area is 195 Å². The van der Waals surface area contributed by atoms with Crippen molar-refractivity contribution in [1.29, 1.82) is 0 Å². The number of nitrogens with zero attached hydrogens (tertiary/aromatic N) is 1. The monoisotopic (exact) mass is 456 g/mol. The van der Waals surface area contributed by atoms with Gasteiger partial charge in [0.2, 0.25) is 11.8 Å². The number of rotatable bonds is 6. The van der Waals surface area contributed by atoms with Gasteiger partial charge in [0.15, 0.2) is 0 Å². The second kappa shape index (κ2) is 8.82. The zero-order valence-electron chi connectivity index (χ0n) is 18.0. The van der Waals surface area contributed by atoms with Crippen molar-refractivity contribution in [2.75, 3.05) is 0 Å². The van der Waals surface area contributed by atoms with Crippen LogP contribution in [0.2, 0.25) is 0 Å². The standard InChI is InChI=1S/C26H20N2O6/c29-22-13-12-20(24(30)27-22)28-25(31)19-10-5-11-21(23(19)26(28)32)33-15-16-6-4-9-18(14-16)34-17-7-2-1-3-8-17/h1-11,14,20H,12-13,15H2,(H,27,29,30). The molecule has 34 heavy (non-hydrogen) atoms. The summed E-state index contributed by atoms with van der Waals surface area (Å²) in [6.45, 7) is 0.141. The molecule has 8 heteroatoms. The second-order valence-corrected chi connectivity index (χ2v) is 7.98. The number of imide groups is 2. The van der Waals surface area contributed by atoms with Crippen molar-refractivity contribution in [3.63, 3.8) is 0 Å². The molecule has 1 saturated heterocycles. The van der Waals surface area contributed by atoms with Crippen molar-refractivity contribution in [3.05, 3.63) is 89.5 Å². The second-order valence-electron chi connectivity index (χ2n) is 7.98. The third-order valence-electron chi connectivity index (χ3n) is 5.70. The molecular weight excluding hydrogens is 436 g/mol. The van der Waals surface area contributed by atoms with Crippen LogP contribution in [0.15, 0.2) is 72.8 Å². The number of para-hydroxylation sites is 1. The van der Waals surface area contributed by atoms with E-state index in [1.165, 1.54) is 6.07 Å². The highest BCUT2D eigenvalue weighted by atomic mass is 16.5. The first-order chi connectivity index (χ1) is 16.5. The first kappa shape index (κ1) is 21.4. The highest BCUT2D eigenvalue weighted by molar-refractivity contribution is 6.24. The van der Waals surface area contributed by atoms with Crippen molar-refractivity contribution in [1.82, 2.24) is 10.2 Å². The van der Waals surface area contributed by atoms with Gasteiger partial charge in [-0.3, -0.25) is 29.4 Å². The molecule has 0 radical (unpaired) electrons. The van der Waals surface area contributed by atoms with E-state index in [1.807, 2.05) is 54.6 Å². The fraction of sp³-hybridized carbons (Fsp3) is 0.154. The average molecular weight is 456 g/mol. The first-order valence-corrected chi connectivity index (χ1v) is 10.8. The van der Waals surface area contributed by atoms with E-state index in [0.29, 0.717) is 11.5 Å². The maximum absolute atomic E-state index is 13.2. The zero-order chi connectivity index (χ0) is 23.7. The van der Waals surface area contributed by atoms with Crippen LogP contribution in [0, 0.1) is 0 Å². The Balaban J connectivity index is 1.34. The van der Waals surface area contributed by atoms with Gasteiger partial charge in [-0.05, 0) is 48.4 Å². The lowest BCUT2D eigenvalue weighted by atomic mass is 10.0. The summed E-state index contributed by atoms with van der Waals surface area (Å²) in [6, 6.07) is 20.5. The average Bonchev–Trinajstić information content (AvgIpc) is 3.09. The zero-order valence-corrected chi connectivity index (χ0v) is 18.0. The molecule has 2 heterocycles. The minimum atomic E-state index is -1.02. The van der Waals surface area contributed by atoms with E-state index in [0.717, 1.165) is 10.5 Å². The van der Waals surface area contributed by atoms with E-state index in [9.17, 15) is 19.2 Å². The van der Waals surface area contributed by atoms with Crippen molar-refractivity contribution in [3.8, 4) is 17.2 Å². The van der Waals surface area contributed by atoms with Crippen LogP contribution in [0.1, 0.15) is 39.1 Å². The lowest BCUT2D eigenvalue weighted by molar-refractivity contribution is -0.136. The molecule has 4 amide bonds. The van der Waals surface area contributed by atoms with Crippen molar-refractivity contribution in [2.45, 2.75) is 25.5 Å². The normalized spacial score (nSPS) is 17.4. The van der Waals surface area contributed by atoms with Crippen LogP contribution in [-0.4, -0.2) is 34.6 Å². The molecule has 2 aliphatic heterocycles. The number of fused-ring (bicyclic) bond motifs is 1. The van der Waals surface area contributed by atoms with Crippen molar-refractivity contribution >= 4 is 23.6 Å². The van der Waals surface area contributed by atoms with Crippen LogP contribution in [-0.2, 0) is 16.2 Å². The highest BCUT2D eigenvalue weighted by Gasteiger charge is 2.45. The molecule has 0 spiro atoms. The third-order valence-corrected chi connectivity index (χ3v) is 5.70. The van der Waals surface area contributed by atoms with Gasteiger partial charge < -0.3 is 9.47 Å². The minimum Gasteiger partial charge on any atom is -0.488 e. The summed E-state index contributed by atoms with van der Waals surface area (Å²) in [5.41, 5.74) is 1.10. The summed E-state index contributed by atoms with van der Waals surface area (Å²) < 4.78 is 11.8. The van der Waals surface area contributed by atoms with Gasteiger partial charge in [-0.2, -0.15) is 0 Å². The van der Waals surface area contributed by atoms with Crippen LogP contribution >= 0.6 is 0 Å². The number of hydrogen-bond acceptors (Lipinski definition) is 6. The fourth-order valence-electron chi connectivity index (χ4n) is 4.09. The molecule has 170 valence electrons. The number of benzene rings is 3. The number of carbonyl (C=O) groups excluding carboxylic acids is 4. The van der Waals surface area contributed by atoms with E-state index in [1.54, 1.807) is 12.1 Å². The summed E-state index contributed by atoms with van der Waals surface area (Å²) >= 11 is 0. The molecule has 1 atom stereocenters. The highest BCUT2D eigenvalue weighted by Crippen LogP contribution is 2.34. The van der Waals surface area contributed by atoms with E-state index >= 15 is 0 Å². The third kappa shape index (κ3) is 4.01. The molecule has 8 nitrogen and oxygen atoms in total. The van der Waals surface area contributed by atoms with Crippen molar-refractivity contribution < 1.29 is 28.7 Å². The summed E-state index contributed by atoms with van der Waals surface area (Å²) in [5.74, 6) is -0.645. The first-order valence-electron chi connectivity index (χ1n) is 10.8. The topological polar surface area (TPSA) is 102 Å². The molecule has 5 rings (SSSR count). The number of ether oxygens (including phenoxy) is 2. The van der Waals surface area contributed by atoms with E-state index in [2.05, 4.69) is 5.32 Å². The number of hydrogen-bond donors (Lipinski definition) is 1. The fourth-order valence-corrected chi connectivity index (χ4v) is 4.09. The quantitative estimate of drug-likeness (QED) is 0.570. The SMILES string of the molecule is O=C1CCC(N2C(=O)c3cccc(OCc4cccc(Oc5ccccc5)c4)c3C2=O)C(=O)N1. The molecule has 0 aliphatic carbocycles. The maximum atomic E-state index is 13.2. The molecule has 0 saturated carbocycles. The van der Waals surface area contributed by atoms with Gasteiger partial charge in [0.1, 0.15) is 29.9 Å². The molecular formula is C26H20N2O6. The number of piperidine rings is 1. The van der Waals surface area contributed by atoms with Gasteiger partial charge in [0.25, 0.3) is 11.8 Å². The Bertz CT molecular complexity index is 1300. The Hall–Kier alpha value is -4.46. The van der Waals surface area contributed by atoms with Gasteiger partial charge in [-0.15, -0.1) is 0 Å². The molecule has 3 aromatic carbocycles. The summed E-state index contributed by atoms with van der Waals surface area (Å²) in [6.07, 6.45) is 0.162. The number of carbonyl (C=O) groups is 4. The van der Waals surface area contributed by atoms with Crippen LogP contribution in [0.4, 0.5) is 0 Å². The number of nitrogens with one attached hydrogen (secondary N) is 1. The Morgan fingerprint density at radius 1 is 0.853 bits per heavy atom. The summed E-state index contributed by atoms with van der Waals surface area (Å²) in [5, 5.41) is 2.19. The molecule has 3 aromatic rings. The van der Waals surface area contributed by atoms with Crippen LogP contribution in [0.25, 0.3) is 0 Å². The van der Waals surface area contributed by atoms with Crippen LogP contribution in [0.5, 0.6) is 17.2 Å². The number of amides is 4. The molecule has 1 fully saturated rings. The van der Waals surface area contributed by atoms with Crippen molar-refractivity contribution in [2.24, 2.45) is 0 Å². The molecule has 0 bridgehead atoms. The van der Waals surface area contributed by atoms with E-state index < -0.39 is 29.7 Å². The molecule has 2 aliphatic rings. The van der Waals surface area contributed by atoms with Gasteiger partial charge in [-0.1, -0.05) is 36.4 Å². The van der Waals surface area contributed by atoms with Gasteiger partial charge in [0.05, 0.1) is 11.1 Å². The Morgan fingerprint density at radius 2 is 1.62 bits per heavy atom. The van der Waals surface area contributed by atoms with Gasteiger partial charge in [-0.25, -0.2) is 0 Å². The maximum Gasteiger partial charge on any atom is 0.266 e. The van der Waals surface area contributed by atoms with E-state index in [-0.39, 0.29) is 36.3 Å². The molecule has 1 N–H and O–H groups in total. The Morgan fingerprint density at radius 3 is 2.41 bits per heavy atom. The molecule has 1 unspecified atom stereocenters. The van der Waals surface area contributed by atoms with Crippen LogP contribution in [0.3, 0.4) is 0 Å². The lowest BCUT2D eigenvalue weighted by Crippen LogP contribution is -2.54. The lowest BCUT2D eigenvalue weighted by Gasteiger charge is -2.27. The Kier molecular flexibility index (Phi) is 5.55. The minimum absolute atomic E-state index is 0.0640.